The Bertz CT molecular complexity index is 351. The first-order chi connectivity index (χ1) is 9.72. The van der Waals surface area contributed by atoms with Gasteiger partial charge < -0.3 is 5.73 Å². The smallest absolute Gasteiger partial charge is 0.123 e. The average molecular weight is 279 g/mol. The van der Waals surface area contributed by atoms with Gasteiger partial charge in [0.2, 0.25) is 0 Å². The van der Waals surface area contributed by atoms with E-state index < -0.39 is 0 Å². The van der Waals surface area contributed by atoms with E-state index in [-0.39, 0.29) is 11.9 Å². The first-order valence-corrected chi connectivity index (χ1v) is 8.22. The standard InChI is InChI=1S/C18H30FN/c1-2-3-4-5-6-7-8-9-13-18(20)15-16-11-10-12-17(19)14-16/h10-12,14,18H,2-9,13,15,20H2,1H3. The number of hydrogen-bond acceptors (Lipinski definition) is 1. The van der Waals surface area contributed by atoms with Crippen LogP contribution in [0.4, 0.5) is 4.39 Å². The second kappa shape index (κ2) is 10.8. The molecule has 1 aromatic carbocycles. The van der Waals surface area contributed by atoms with Crippen LogP contribution in [0.15, 0.2) is 24.3 Å². The molecule has 0 aliphatic carbocycles. The molecule has 0 spiro atoms. The normalized spacial score (nSPS) is 12.6. The van der Waals surface area contributed by atoms with Crippen molar-refractivity contribution < 1.29 is 4.39 Å². The second-order valence-corrected chi connectivity index (χ2v) is 5.86. The molecule has 1 rings (SSSR count). The topological polar surface area (TPSA) is 26.0 Å². The molecule has 0 heterocycles. The Morgan fingerprint density at radius 3 is 2.30 bits per heavy atom. The van der Waals surface area contributed by atoms with Crippen LogP contribution in [0.2, 0.25) is 0 Å². The van der Waals surface area contributed by atoms with Crippen molar-refractivity contribution in [2.24, 2.45) is 5.73 Å². The molecule has 0 saturated heterocycles. The second-order valence-electron chi connectivity index (χ2n) is 5.86. The van der Waals surface area contributed by atoms with Crippen LogP contribution < -0.4 is 5.73 Å². The Kier molecular flexibility index (Phi) is 9.31. The number of benzene rings is 1. The van der Waals surface area contributed by atoms with Gasteiger partial charge in [-0.15, -0.1) is 0 Å². The maximum Gasteiger partial charge on any atom is 0.123 e. The van der Waals surface area contributed by atoms with Gasteiger partial charge in [-0.3, -0.25) is 0 Å². The zero-order chi connectivity index (χ0) is 14.6. The van der Waals surface area contributed by atoms with Crippen molar-refractivity contribution >= 4 is 0 Å². The van der Waals surface area contributed by atoms with Crippen molar-refractivity contribution in [1.29, 1.82) is 0 Å². The SMILES string of the molecule is CCCCCCCCCCC(N)Cc1cccc(F)c1. The minimum Gasteiger partial charge on any atom is -0.327 e. The van der Waals surface area contributed by atoms with E-state index in [1.54, 1.807) is 12.1 Å². The summed E-state index contributed by atoms with van der Waals surface area (Å²) in [6, 6.07) is 6.95. The number of nitrogens with two attached hydrogens (primary N) is 1. The number of halogens is 1. The van der Waals surface area contributed by atoms with Crippen LogP contribution >= 0.6 is 0 Å². The molecule has 1 unspecified atom stereocenters. The van der Waals surface area contributed by atoms with E-state index in [4.69, 9.17) is 5.73 Å². The van der Waals surface area contributed by atoms with E-state index >= 15 is 0 Å². The predicted octanol–water partition coefficient (Wildman–Crippen LogP) is 5.23. The molecule has 0 amide bonds. The van der Waals surface area contributed by atoms with Gasteiger partial charge in [-0.1, -0.05) is 70.4 Å². The van der Waals surface area contributed by atoms with Gasteiger partial charge in [0.1, 0.15) is 5.82 Å². The summed E-state index contributed by atoms with van der Waals surface area (Å²) in [4.78, 5) is 0. The van der Waals surface area contributed by atoms with Gasteiger partial charge in [0.15, 0.2) is 0 Å². The monoisotopic (exact) mass is 279 g/mol. The third-order valence-electron chi connectivity index (χ3n) is 3.82. The molecule has 0 fully saturated rings. The molecule has 0 aliphatic heterocycles. The summed E-state index contributed by atoms with van der Waals surface area (Å²) in [5, 5.41) is 0. The number of hydrogen-bond donors (Lipinski definition) is 1. The van der Waals surface area contributed by atoms with Crippen molar-refractivity contribution in [1.82, 2.24) is 0 Å². The van der Waals surface area contributed by atoms with Gasteiger partial charge in [0.05, 0.1) is 0 Å². The molecule has 2 heteroatoms. The van der Waals surface area contributed by atoms with Crippen LogP contribution in [-0.4, -0.2) is 6.04 Å². The lowest BCUT2D eigenvalue weighted by Crippen LogP contribution is -2.22. The molecular weight excluding hydrogens is 249 g/mol. The fourth-order valence-electron chi connectivity index (χ4n) is 2.61. The van der Waals surface area contributed by atoms with Crippen molar-refractivity contribution in [2.75, 3.05) is 0 Å². The molecule has 0 radical (unpaired) electrons. The lowest BCUT2D eigenvalue weighted by atomic mass is 10.00. The molecule has 1 atom stereocenters. The Morgan fingerprint density at radius 2 is 1.65 bits per heavy atom. The van der Waals surface area contributed by atoms with E-state index in [9.17, 15) is 4.39 Å². The molecule has 2 N–H and O–H groups in total. The lowest BCUT2D eigenvalue weighted by molar-refractivity contribution is 0.524. The number of unbranched alkanes of at least 4 members (excludes halogenated alkanes) is 7. The Hall–Kier alpha value is -0.890. The van der Waals surface area contributed by atoms with Gasteiger partial charge in [0, 0.05) is 6.04 Å². The highest BCUT2D eigenvalue weighted by Gasteiger charge is 2.04. The summed E-state index contributed by atoms with van der Waals surface area (Å²) in [6.45, 7) is 2.25. The molecule has 1 nitrogen and oxygen atoms in total. The highest BCUT2D eigenvalue weighted by atomic mass is 19.1. The predicted molar refractivity (Wildman–Crippen MR) is 85.3 cm³/mol. The van der Waals surface area contributed by atoms with Crippen LogP contribution in [0.3, 0.4) is 0 Å². The first kappa shape index (κ1) is 17.2. The van der Waals surface area contributed by atoms with Gasteiger partial charge in [0.25, 0.3) is 0 Å². The van der Waals surface area contributed by atoms with E-state index in [0.717, 1.165) is 18.4 Å². The Labute approximate surface area is 123 Å². The van der Waals surface area contributed by atoms with Crippen LogP contribution in [0.25, 0.3) is 0 Å². The van der Waals surface area contributed by atoms with Crippen LogP contribution in [-0.2, 0) is 6.42 Å². The lowest BCUT2D eigenvalue weighted by Gasteiger charge is -2.11. The highest BCUT2D eigenvalue weighted by Crippen LogP contribution is 2.12. The van der Waals surface area contributed by atoms with Crippen LogP contribution in [0.5, 0.6) is 0 Å². The van der Waals surface area contributed by atoms with Crippen molar-refractivity contribution in [3.05, 3.63) is 35.6 Å². The molecule has 0 aromatic heterocycles. The molecule has 1 aromatic rings. The van der Waals surface area contributed by atoms with E-state index in [0.29, 0.717) is 0 Å². The van der Waals surface area contributed by atoms with Gasteiger partial charge in [-0.25, -0.2) is 4.39 Å². The van der Waals surface area contributed by atoms with Gasteiger partial charge >= 0.3 is 0 Å². The van der Waals surface area contributed by atoms with Gasteiger partial charge in [-0.2, -0.15) is 0 Å². The third-order valence-corrected chi connectivity index (χ3v) is 3.82. The molecule has 20 heavy (non-hydrogen) atoms. The average Bonchev–Trinajstić information content (AvgIpc) is 2.42. The zero-order valence-electron chi connectivity index (χ0n) is 12.9. The molecular formula is C18H30FN. The maximum absolute atomic E-state index is 13.1. The van der Waals surface area contributed by atoms with Crippen molar-refractivity contribution in [3.8, 4) is 0 Å². The quantitative estimate of drug-likeness (QED) is 0.552. The van der Waals surface area contributed by atoms with Crippen LogP contribution in [0.1, 0.15) is 70.3 Å². The molecule has 0 bridgehead atoms. The Balaban J connectivity index is 2.01. The highest BCUT2D eigenvalue weighted by molar-refractivity contribution is 5.17. The van der Waals surface area contributed by atoms with Crippen molar-refractivity contribution in [3.63, 3.8) is 0 Å². The largest absolute Gasteiger partial charge is 0.327 e. The minimum atomic E-state index is -0.165. The summed E-state index contributed by atoms with van der Waals surface area (Å²) in [7, 11) is 0. The summed E-state index contributed by atoms with van der Waals surface area (Å²) in [5.74, 6) is -0.165. The van der Waals surface area contributed by atoms with Gasteiger partial charge in [-0.05, 0) is 30.5 Å². The summed E-state index contributed by atoms with van der Waals surface area (Å²) < 4.78 is 13.1. The molecule has 0 aliphatic rings. The fourth-order valence-corrected chi connectivity index (χ4v) is 2.61. The molecule has 114 valence electrons. The van der Waals surface area contributed by atoms with Crippen LogP contribution in [0, 0.1) is 5.82 Å². The summed E-state index contributed by atoms with van der Waals surface area (Å²) in [6.07, 6.45) is 12.5. The van der Waals surface area contributed by atoms with Crippen molar-refractivity contribution in [2.45, 2.75) is 77.2 Å². The number of rotatable bonds is 11. The van der Waals surface area contributed by atoms with E-state index in [2.05, 4.69) is 6.92 Å². The zero-order valence-corrected chi connectivity index (χ0v) is 12.9. The van der Waals surface area contributed by atoms with E-state index in [1.807, 2.05) is 6.07 Å². The van der Waals surface area contributed by atoms with E-state index in [1.165, 1.54) is 57.4 Å². The summed E-state index contributed by atoms with van der Waals surface area (Å²) in [5.41, 5.74) is 7.12. The maximum atomic E-state index is 13.1. The molecule has 0 saturated carbocycles. The minimum absolute atomic E-state index is 0.164. The first-order valence-electron chi connectivity index (χ1n) is 8.22. The Morgan fingerprint density at radius 1 is 1.00 bits per heavy atom. The summed E-state index contributed by atoms with van der Waals surface area (Å²) >= 11 is 0. The third kappa shape index (κ3) is 8.31. The fraction of sp³-hybridized carbons (Fsp3) is 0.667.